The molecular weight excluding hydrogens is 415 g/mol. The second-order valence-corrected chi connectivity index (χ2v) is 8.13. The highest BCUT2D eigenvalue weighted by atomic mass is 32.1. The Morgan fingerprint density at radius 2 is 1.94 bits per heavy atom. The van der Waals surface area contributed by atoms with E-state index >= 15 is 0 Å². The fourth-order valence-corrected chi connectivity index (χ4v) is 4.39. The molecule has 1 aliphatic heterocycles. The number of hydrogen-bond donors (Lipinski definition) is 1. The van der Waals surface area contributed by atoms with Crippen molar-refractivity contribution in [2.75, 3.05) is 7.11 Å². The molecule has 0 aromatic heterocycles. The molecular formula is C24H25FN2O3S. The van der Waals surface area contributed by atoms with Gasteiger partial charge < -0.3 is 14.8 Å². The zero-order chi connectivity index (χ0) is 21.8. The van der Waals surface area contributed by atoms with Crippen molar-refractivity contribution in [3.8, 4) is 11.5 Å². The monoisotopic (exact) mass is 440 g/mol. The largest absolute Gasteiger partial charge is 0.493 e. The summed E-state index contributed by atoms with van der Waals surface area (Å²) < 4.78 is 25.0. The van der Waals surface area contributed by atoms with E-state index in [1.807, 2.05) is 6.07 Å². The minimum atomic E-state index is -0.313. The first-order valence-corrected chi connectivity index (χ1v) is 10.9. The number of carbonyl (C=O) groups excluding carboxylic acids is 1. The molecule has 5 nitrogen and oxygen atoms in total. The standard InChI is InChI=1S/C24H25FN2O3S/c1-29-22-14-16(11-12-21(22)30-15-17-7-5-6-10-19(17)25)13-20-23(28)27(24(31)26-20)18-8-3-2-4-9-18/h5-7,10-14,18H,2-4,8-9,15H2,1H3,(H,26,31)/b20-13-. The number of methoxy groups -OCH3 is 1. The summed E-state index contributed by atoms with van der Waals surface area (Å²) in [7, 11) is 1.54. The Labute approximate surface area is 186 Å². The van der Waals surface area contributed by atoms with E-state index in [0.29, 0.717) is 27.9 Å². The summed E-state index contributed by atoms with van der Waals surface area (Å²) in [5.74, 6) is 0.601. The molecule has 7 heteroatoms. The first-order chi connectivity index (χ1) is 15.1. The average molecular weight is 441 g/mol. The zero-order valence-corrected chi connectivity index (χ0v) is 18.2. The highest BCUT2D eigenvalue weighted by Crippen LogP contribution is 2.31. The molecule has 2 aromatic carbocycles. The van der Waals surface area contributed by atoms with E-state index in [-0.39, 0.29) is 24.4 Å². The molecule has 2 aromatic rings. The summed E-state index contributed by atoms with van der Waals surface area (Å²) in [6.45, 7) is 0.0914. The summed E-state index contributed by atoms with van der Waals surface area (Å²) in [5, 5.41) is 3.53. The van der Waals surface area contributed by atoms with E-state index in [1.165, 1.54) is 12.5 Å². The predicted molar refractivity (Wildman–Crippen MR) is 121 cm³/mol. The van der Waals surface area contributed by atoms with Crippen molar-refractivity contribution in [1.29, 1.82) is 0 Å². The molecule has 1 heterocycles. The first kappa shape index (κ1) is 21.3. The molecule has 1 aliphatic carbocycles. The average Bonchev–Trinajstić information content (AvgIpc) is 3.07. The molecule has 31 heavy (non-hydrogen) atoms. The number of carbonyl (C=O) groups is 1. The number of amides is 1. The maximum atomic E-state index is 13.8. The van der Waals surface area contributed by atoms with Crippen LogP contribution in [0.3, 0.4) is 0 Å². The molecule has 0 radical (unpaired) electrons. The molecule has 2 fully saturated rings. The van der Waals surface area contributed by atoms with Crippen LogP contribution in [0, 0.1) is 5.82 Å². The topological polar surface area (TPSA) is 50.8 Å². The van der Waals surface area contributed by atoms with E-state index in [1.54, 1.807) is 48.4 Å². The van der Waals surface area contributed by atoms with Crippen LogP contribution in [0.5, 0.6) is 11.5 Å². The lowest BCUT2D eigenvalue weighted by atomic mass is 9.94. The minimum Gasteiger partial charge on any atom is -0.493 e. The third-order valence-electron chi connectivity index (χ3n) is 5.69. The van der Waals surface area contributed by atoms with Crippen LogP contribution in [0.4, 0.5) is 4.39 Å². The summed E-state index contributed by atoms with van der Waals surface area (Å²) in [5.41, 5.74) is 1.70. The number of hydrogen-bond acceptors (Lipinski definition) is 4. The SMILES string of the molecule is COc1cc(/C=C2\NC(=S)N(C3CCCCC3)C2=O)ccc1OCc1ccccc1F. The Bertz CT molecular complexity index is 1020. The fourth-order valence-electron chi connectivity index (χ4n) is 4.05. The van der Waals surface area contributed by atoms with Gasteiger partial charge in [-0.05, 0) is 54.9 Å². The van der Waals surface area contributed by atoms with Crippen LogP contribution in [0.25, 0.3) is 6.08 Å². The first-order valence-electron chi connectivity index (χ1n) is 10.5. The van der Waals surface area contributed by atoms with Crippen LogP contribution in [0.15, 0.2) is 48.2 Å². The third-order valence-corrected chi connectivity index (χ3v) is 5.99. The number of nitrogens with one attached hydrogen (secondary N) is 1. The second-order valence-electron chi connectivity index (χ2n) is 7.75. The normalized spacial score (nSPS) is 18.4. The van der Waals surface area contributed by atoms with Gasteiger partial charge in [-0.3, -0.25) is 9.69 Å². The van der Waals surface area contributed by atoms with Crippen LogP contribution < -0.4 is 14.8 Å². The van der Waals surface area contributed by atoms with Crippen molar-refractivity contribution in [3.05, 3.63) is 65.1 Å². The molecule has 1 saturated carbocycles. The maximum absolute atomic E-state index is 13.8. The molecule has 1 saturated heterocycles. The molecule has 0 spiro atoms. The van der Waals surface area contributed by atoms with Gasteiger partial charge in [-0.2, -0.15) is 0 Å². The lowest BCUT2D eigenvalue weighted by Crippen LogP contribution is -2.41. The molecule has 0 atom stereocenters. The van der Waals surface area contributed by atoms with Gasteiger partial charge in [0.15, 0.2) is 16.6 Å². The summed E-state index contributed by atoms with van der Waals surface area (Å²) >= 11 is 5.43. The highest BCUT2D eigenvalue weighted by Gasteiger charge is 2.36. The van der Waals surface area contributed by atoms with E-state index in [4.69, 9.17) is 21.7 Å². The number of rotatable bonds is 6. The zero-order valence-electron chi connectivity index (χ0n) is 17.4. The van der Waals surface area contributed by atoms with Crippen molar-refractivity contribution in [2.45, 2.75) is 44.8 Å². The van der Waals surface area contributed by atoms with Gasteiger partial charge in [0, 0.05) is 11.6 Å². The van der Waals surface area contributed by atoms with Gasteiger partial charge in [0.2, 0.25) is 0 Å². The Morgan fingerprint density at radius 1 is 1.16 bits per heavy atom. The Morgan fingerprint density at radius 3 is 2.68 bits per heavy atom. The Balaban J connectivity index is 1.49. The van der Waals surface area contributed by atoms with Gasteiger partial charge in [-0.1, -0.05) is 43.5 Å². The van der Waals surface area contributed by atoms with Crippen LogP contribution >= 0.6 is 12.2 Å². The van der Waals surface area contributed by atoms with Crippen LogP contribution in [0.1, 0.15) is 43.2 Å². The summed E-state index contributed by atoms with van der Waals surface area (Å²) in [6, 6.07) is 12.0. The fraction of sp³-hybridized carbons (Fsp3) is 0.333. The number of ether oxygens (including phenoxy) is 2. The van der Waals surface area contributed by atoms with Gasteiger partial charge in [-0.15, -0.1) is 0 Å². The molecule has 0 unspecified atom stereocenters. The van der Waals surface area contributed by atoms with Crippen LogP contribution in [-0.4, -0.2) is 29.1 Å². The van der Waals surface area contributed by atoms with E-state index in [9.17, 15) is 9.18 Å². The molecule has 1 N–H and O–H groups in total. The summed E-state index contributed by atoms with van der Waals surface area (Å²) in [6.07, 6.45) is 7.21. The second kappa shape index (κ2) is 9.47. The van der Waals surface area contributed by atoms with Crippen molar-refractivity contribution >= 4 is 29.3 Å². The smallest absolute Gasteiger partial charge is 0.276 e. The number of benzene rings is 2. The third kappa shape index (κ3) is 4.71. The maximum Gasteiger partial charge on any atom is 0.276 e. The minimum absolute atomic E-state index is 0.0873. The number of halogens is 1. The van der Waals surface area contributed by atoms with Crippen molar-refractivity contribution in [3.63, 3.8) is 0 Å². The molecule has 4 rings (SSSR count). The summed E-state index contributed by atoms with van der Waals surface area (Å²) in [4.78, 5) is 14.7. The van der Waals surface area contributed by atoms with Gasteiger partial charge >= 0.3 is 0 Å². The quantitative estimate of drug-likeness (QED) is 0.516. The Kier molecular flexibility index (Phi) is 6.51. The highest BCUT2D eigenvalue weighted by molar-refractivity contribution is 7.80. The molecule has 1 amide bonds. The van der Waals surface area contributed by atoms with Crippen LogP contribution in [-0.2, 0) is 11.4 Å². The lowest BCUT2D eigenvalue weighted by molar-refractivity contribution is -0.124. The lowest BCUT2D eigenvalue weighted by Gasteiger charge is -2.29. The van der Waals surface area contributed by atoms with Crippen molar-refractivity contribution in [2.24, 2.45) is 0 Å². The van der Waals surface area contributed by atoms with Gasteiger partial charge in [0.25, 0.3) is 5.91 Å². The predicted octanol–water partition coefficient (Wildman–Crippen LogP) is 4.80. The number of thiocarbonyl (C=S) groups is 1. The van der Waals surface area contributed by atoms with Crippen molar-refractivity contribution < 1.29 is 18.7 Å². The van der Waals surface area contributed by atoms with E-state index < -0.39 is 0 Å². The van der Waals surface area contributed by atoms with Crippen LogP contribution in [0.2, 0.25) is 0 Å². The number of nitrogens with zero attached hydrogens (tertiary/aromatic N) is 1. The van der Waals surface area contributed by atoms with Gasteiger partial charge in [0.05, 0.1) is 7.11 Å². The van der Waals surface area contributed by atoms with Gasteiger partial charge in [-0.25, -0.2) is 4.39 Å². The molecule has 2 aliphatic rings. The van der Waals surface area contributed by atoms with E-state index in [2.05, 4.69) is 5.32 Å². The molecule has 162 valence electrons. The van der Waals surface area contributed by atoms with Crippen molar-refractivity contribution in [1.82, 2.24) is 10.2 Å². The molecule has 0 bridgehead atoms. The Hall–Kier alpha value is -2.93. The van der Waals surface area contributed by atoms with E-state index in [0.717, 1.165) is 31.2 Å². The van der Waals surface area contributed by atoms with Gasteiger partial charge in [0.1, 0.15) is 18.1 Å².